The molecule has 0 unspecified atom stereocenters. The second-order valence-electron chi connectivity index (χ2n) is 8.88. The highest BCUT2D eigenvalue weighted by atomic mass is 16.3. The number of nitrogens with zero attached hydrogens (tertiary/aromatic N) is 2. The summed E-state index contributed by atoms with van der Waals surface area (Å²) in [6, 6.07) is 21.0. The Morgan fingerprint density at radius 3 is 2.27 bits per heavy atom. The van der Waals surface area contributed by atoms with E-state index in [0.29, 0.717) is 5.56 Å². The molecular weight excluding hydrogens is 452 g/mol. The number of hydrogen-bond acceptors (Lipinski definition) is 3. The summed E-state index contributed by atoms with van der Waals surface area (Å²) in [5, 5.41) is 3.68. The summed E-state index contributed by atoms with van der Waals surface area (Å²) in [6.07, 6.45) is 1.75. The van der Waals surface area contributed by atoms with Crippen molar-refractivity contribution in [3.8, 4) is 22.4 Å². The van der Waals surface area contributed by atoms with Crippen molar-refractivity contribution in [2.24, 2.45) is 0 Å². The third-order valence-corrected chi connectivity index (χ3v) is 6.79. The third kappa shape index (κ3) is 3.08. The molecular formula is C34H20N2O. The fourth-order valence-electron chi connectivity index (χ4n) is 5.05. The van der Waals surface area contributed by atoms with Gasteiger partial charge in [0.1, 0.15) is 11.2 Å². The zero-order chi connectivity index (χ0) is 30.4. The third-order valence-electron chi connectivity index (χ3n) is 6.79. The second kappa shape index (κ2) is 7.74. The van der Waals surface area contributed by atoms with Crippen LogP contribution in [0.25, 0.3) is 76.9 Å². The first-order valence-corrected chi connectivity index (χ1v) is 11.9. The maximum absolute atomic E-state index is 9.23. The molecule has 3 heteroatoms. The molecule has 0 bridgehead atoms. The van der Waals surface area contributed by atoms with E-state index in [4.69, 9.17) is 17.6 Å². The van der Waals surface area contributed by atoms with Crippen molar-refractivity contribution in [1.29, 1.82) is 0 Å². The average Bonchev–Trinajstić information content (AvgIpc) is 3.47. The van der Waals surface area contributed by atoms with E-state index in [-0.39, 0.29) is 57.7 Å². The van der Waals surface area contributed by atoms with Crippen LogP contribution in [0.3, 0.4) is 0 Å². The summed E-state index contributed by atoms with van der Waals surface area (Å²) in [5.74, 6) is 0. The van der Waals surface area contributed by atoms with Crippen molar-refractivity contribution in [3.63, 3.8) is 0 Å². The molecule has 8 rings (SSSR count). The van der Waals surface area contributed by atoms with Gasteiger partial charge in [0, 0.05) is 33.3 Å². The Bertz CT molecular complexity index is 2540. The van der Waals surface area contributed by atoms with E-state index in [2.05, 4.69) is 4.98 Å². The Labute approximate surface area is 222 Å². The Hall–Kier alpha value is -5.02. The lowest BCUT2D eigenvalue weighted by atomic mass is 9.93. The van der Waals surface area contributed by atoms with Gasteiger partial charge in [-0.25, -0.2) is 4.98 Å². The first kappa shape index (κ1) is 14.5. The van der Waals surface area contributed by atoms with Gasteiger partial charge in [-0.15, -0.1) is 0 Å². The highest BCUT2D eigenvalue weighted by Gasteiger charge is 2.14. The van der Waals surface area contributed by atoms with Crippen molar-refractivity contribution >= 4 is 54.5 Å². The van der Waals surface area contributed by atoms with Crippen molar-refractivity contribution in [3.05, 3.63) is 121 Å². The minimum absolute atomic E-state index is 0.0351. The first-order chi connectivity index (χ1) is 21.3. The van der Waals surface area contributed by atoms with Gasteiger partial charge in [0.25, 0.3) is 0 Å². The van der Waals surface area contributed by atoms with E-state index in [1.807, 2.05) is 72.8 Å². The van der Waals surface area contributed by atoms with Gasteiger partial charge in [0.15, 0.2) is 0 Å². The first-order valence-electron chi connectivity index (χ1n) is 15.4. The predicted molar refractivity (Wildman–Crippen MR) is 153 cm³/mol. The minimum atomic E-state index is -0.460. The minimum Gasteiger partial charge on any atom is -0.456 e. The normalized spacial score (nSPS) is 14.4. The molecule has 0 aliphatic carbocycles. The van der Waals surface area contributed by atoms with Crippen LogP contribution in [0.5, 0.6) is 0 Å². The second-order valence-corrected chi connectivity index (χ2v) is 8.88. The number of fused-ring (bicyclic) bond motifs is 7. The van der Waals surface area contributed by atoms with Crippen molar-refractivity contribution in [2.75, 3.05) is 0 Å². The summed E-state index contributed by atoms with van der Waals surface area (Å²) in [6.45, 7) is 0. The summed E-state index contributed by atoms with van der Waals surface area (Å²) in [7, 11) is 0. The molecule has 3 aromatic heterocycles. The number of benzene rings is 5. The summed E-state index contributed by atoms with van der Waals surface area (Å²) in [5.41, 5.74) is 3.70. The summed E-state index contributed by atoms with van der Waals surface area (Å²) >= 11 is 0. The smallest absolute Gasteiger partial charge is 0.135 e. The van der Waals surface area contributed by atoms with Gasteiger partial charge in [0.05, 0.1) is 26.3 Å². The van der Waals surface area contributed by atoms with Crippen LogP contribution in [0.1, 0.15) is 9.60 Å². The largest absolute Gasteiger partial charge is 0.456 e. The van der Waals surface area contributed by atoms with Crippen LogP contribution < -0.4 is 0 Å². The van der Waals surface area contributed by atoms with Crippen molar-refractivity contribution < 1.29 is 14.0 Å². The highest BCUT2D eigenvalue weighted by Crippen LogP contribution is 2.38. The van der Waals surface area contributed by atoms with Crippen molar-refractivity contribution in [2.45, 2.75) is 0 Å². The van der Waals surface area contributed by atoms with Crippen LogP contribution in [0.15, 0.2) is 126 Å². The SMILES string of the molecule is [2H]c1c([2H])c([2H])c2c(oc3c([2H])c([2H])c(-c4ccc(-c5ccc6ccc7cccnc7c6n5)c5ccccc45)c([2H])c32)c1[2H]. The number of para-hydroxylation sites is 1. The van der Waals surface area contributed by atoms with E-state index in [1.54, 1.807) is 6.20 Å². The quantitative estimate of drug-likeness (QED) is 0.232. The maximum atomic E-state index is 9.23. The van der Waals surface area contributed by atoms with Gasteiger partial charge in [-0.05, 0) is 52.2 Å². The molecule has 0 saturated heterocycles. The summed E-state index contributed by atoms with van der Waals surface area (Å²) in [4.78, 5) is 9.60. The van der Waals surface area contributed by atoms with Crippen LogP contribution in [0, 0.1) is 0 Å². The fourth-order valence-corrected chi connectivity index (χ4v) is 5.05. The van der Waals surface area contributed by atoms with Gasteiger partial charge < -0.3 is 4.42 Å². The Kier molecular flexibility index (Phi) is 3.04. The summed E-state index contributed by atoms with van der Waals surface area (Å²) < 4.78 is 65.8. The van der Waals surface area contributed by atoms with Crippen LogP contribution in [-0.4, -0.2) is 9.97 Å². The predicted octanol–water partition coefficient (Wildman–Crippen LogP) is 9.17. The molecule has 3 heterocycles. The zero-order valence-corrected chi connectivity index (χ0v) is 19.3. The van der Waals surface area contributed by atoms with E-state index < -0.39 is 12.1 Å². The molecule has 0 radical (unpaired) electrons. The van der Waals surface area contributed by atoms with Gasteiger partial charge in [-0.2, -0.15) is 0 Å². The van der Waals surface area contributed by atoms with Crippen molar-refractivity contribution in [1.82, 2.24) is 9.97 Å². The molecule has 0 N–H and O–H groups in total. The zero-order valence-electron chi connectivity index (χ0n) is 26.3. The number of rotatable bonds is 2. The Morgan fingerprint density at radius 1 is 0.595 bits per heavy atom. The molecule has 0 fully saturated rings. The van der Waals surface area contributed by atoms with E-state index in [9.17, 15) is 1.37 Å². The molecule has 37 heavy (non-hydrogen) atoms. The fraction of sp³-hybridized carbons (Fsp3) is 0. The molecule has 0 saturated carbocycles. The van der Waals surface area contributed by atoms with Gasteiger partial charge in [0.2, 0.25) is 0 Å². The average molecular weight is 480 g/mol. The Morgan fingerprint density at radius 2 is 1.35 bits per heavy atom. The lowest BCUT2D eigenvalue weighted by Crippen LogP contribution is -1.91. The van der Waals surface area contributed by atoms with Gasteiger partial charge in [-0.3, -0.25) is 4.98 Å². The van der Waals surface area contributed by atoms with Crippen LogP contribution in [0.2, 0.25) is 0 Å². The molecule has 5 aromatic carbocycles. The number of furan rings is 1. The molecule has 8 aromatic rings. The molecule has 0 aliphatic heterocycles. The van der Waals surface area contributed by atoms with Gasteiger partial charge in [-0.1, -0.05) is 84.8 Å². The molecule has 172 valence electrons. The molecule has 0 aliphatic rings. The van der Waals surface area contributed by atoms with E-state index in [0.717, 1.165) is 43.8 Å². The molecule has 3 nitrogen and oxygen atoms in total. The van der Waals surface area contributed by atoms with Crippen LogP contribution >= 0.6 is 0 Å². The van der Waals surface area contributed by atoms with E-state index >= 15 is 0 Å². The molecule has 0 spiro atoms. The van der Waals surface area contributed by atoms with Gasteiger partial charge >= 0.3 is 0 Å². The molecule has 0 amide bonds. The standard InChI is InChI=1S/C34H20N2O/c1-2-8-26-25(7-1)24(23-14-18-32-29(20-23)28-9-3-4-10-31(28)37-32)15-16-27(26)30-17-13-22-12-11-21-6-5-19-35-33(21)34(22)36-30/h1-20H/i3D,4D,9D,10D,14D,18D,20D. The maximum Gasteiger partial charge on any atom is 0.135 e. The monoisotopic (exact) mass is 479 g/mol. The topological polar surface area (TPSA) is 38.9 Å². The lowest BCUT2D eigenvalue weighted by molar-refractivity contribution is 0.669. The number of aromatic nitrogens is 2. The lowest BCUT2D eigenvalue weighted by Gasteiger charge is -2.13. The van der Waals surface area contributed by atoms with Crippen LogP contribution in [-0.2, 0) is 0 Å². The van der Waals surface area contributed by atoms with E-state index in [1.165, 1.54) is 0 Å². The molecule has 0 atom stereocenters. The highest BCUT2D eigenvalue weighted by molar-refractivity contribution is 6.10. The number of hydrogen-bond donors (Lipinski definition) is 0. The van der Waals surface area contributed by atoms with Crippen LogP contribution in [0.4, 0.5) is 0 Å². The Balaban J connectivity index is 1.41. The number of pyridine rings is 2.